The smallest absolute Gasteiger partial charge is 0.0911 e. The molecule has 0 saturated carbocycles. The summed E-state index contributed by atoms with van der Waals surface area (Å²) < 4.78 is 1.80. The first kappa shape index (κ1) is 9.65. The molecule has 3 N–H and O–H groups in total. The highest BCUT2D eigenvalue weighted by Crippen LogP contribution is 2.22. The van der Waals surface area contributed by atoms with E-state index in [1.807, 2.05) is 36.5 Å². The van der Waals surface area contributed by atoms with Gasteiger partial charge < -0.3 is 5.73 Å². The SMILES string of the molecule is Nc1cn[nH]c1-c1cnn(-c2ccccc2)c1. The molecule has 0 saturated heterocycles. The van der Waals surface area contributed by atoms with E-state index < -0.39 is 0 Å². The molecule has 0 amide bonds. The van der Waals surface area contributed by atoms with Crippen LogP contribution >= 0.6 is 0 Å². The summed E-state index contributed by atoms with van der Waals surface area (Å²) in [6.45, 7) is 0. The van der Waals surface area contributed by atoms with E-state index >= 15 is 0 Å². The highest BCUT2D eigenvalue weighted by Gasteiger charge is 2.07. The summed E-state index contributed by atoms with van der Waals surface area (Å²) in [5.74, 6) is 0. The first-order valence-electron chi connectivity index (χ1n) is 5.24. The number of hydrogen-bond donors (Lipinski definition) is 2. The van der Waals surface area contributed by atoms with Crippen LogP contribution < -0.4 is 5.73 Å². The van der Waals surface area contributed by atoms with Gasteiger partial charge in [0.05, 0.1) is 29.5 Å². The number of anilines is 1. The molecule has 0 atom stereocenters. The Morgan fingerprint density at radius 3 is 2.65 bits per heavy atom. The maximum Gasteiger partial charge on any atom is 0.0911 e. The fourth-order valence-electron chi connectivity index (χ4n) is 1.70. The molecule has 5 heteroatoms. The van der Waals surface area contributed by atoms with Gasteiger partial charge in [-0.2, -0.15) is 10.2 Å². The lowest BCUT2D eigenvalue weighted by Crippen LogP contribution is -1.92. The zero-order valence-electron chi connectivity index (χ0n) is 9.04. The van der Waals surface area contributed by atoms with Crippen molar-refractivity contribution in [3.63, 3.8) is 0 Å². The number of nitrogen functional groups attached to an aromatic ring is 1. The number of nitrogens with two attached hydrogens (primary N) is 1. The van der Waals surface area contributed by atoms with Crippen LogP contribution in [0.5, 0.6) is 0 Å². The topological polar surface area (TPSA) is 72.5 Å². The molecule has 0 unspecified atom stereocenters. The highest BCUT2D eigenvalue weighted by atomic mass is 15.3. The van der Waals surface area contributed by atoms with E-state index in [0.717, 1.165) is 16.9 Å². The average molecular weight is 225 g/mol. The zero-order chi connectivity index (χ0) is 11.7. The number of hydrogen-bond acceptors (Lipinski definition) is 3. The Morgan fingerprint density at radius 2 is 1.94 bits per heavy atom. The molecule has 5 nitrogen and oxygen atoms in total. The number of benzene rings is 1. The van der Waals surface area contributed by atoms with Crippen LogP contribution in [0, 0.1) is 0 Å². The van der Waals surface area contributed by atoms with Crippen molar-refractivity contribution in [2.75, 3.05) is 5.73 Å². The summed E-state index contributed by atoms with van der Waals surface area (Å²) in [4.78, 5) is 0. The lowest BCUT2D eigenvalue weighted by molar-refractivity contribution is 0.880. The summed E-state index contributed by atoms with van der Waals surface area (Å²) in [5, 5.41) is 11.0. The van der Waals surface area contributed by atoms with E-state index in [1.165, 1.54) is 0 Å². The molecule has 17 heavy (non-hydrogen) atoms. The van der Waals surface area contributed by atoms with E-state index in [0.29, 0.717) is 5.69 Å². The third kappa shape index (κ3) is 1.67. The lowest BCUT2D eigenvalue weighted by atomic mass is 10.2. The van der Waals surface area contributed by atoms with Gasteiger partial charge in [-0.3, -0.25) is 5.10 Å². The maximum atomic E-state index is 5.79. The Kier molecular flexibility index (Phi) is 2.15. The van der Waals surface area contributed by atoms with E-state index in [1.54, 1.807) is 17.1 Å². The van der Waals surface area contributed by atoms with Gasteiger partial charge in [0, 0.05) is 11.8 Å². The summed E-state index contributed by atoms with van der Waals surface area (Å²) in [7, 11) is 0. The van der Waals surface area contributed by atoms with E-state index in [-0.39, 0.29) is 0 Å². The number of para-hydroxylation sites is 1. The van der Waals surface area contributed by atoms with Crippen molar-refractivity contribution in [1.82, 2.24) is 20.0 Å². The van der Waals surface area contributed by atoms with Gasteiger partial charge in [0.25, 0.3) is 0 Å². The monoisotopic (exact) mass is 225 g/mol. The zero-order valence-corrected chi connectivity index (χ0v) is 9.04. The van der Waals surface area contributed by atoms with E-state index in [9.17, 15) is 0 Å². The minimum atomic E-state index is 0.623. The first-order valence-corrected chi connectivity index (χ1v) is 5.24. The van der Waals surface area contributed by atoms with E-state index in [4.69, 9.17) is 5.73 Å². The molecule has 0 aliphatic carbocycles. The number of nitrogens with zero attached hydrogens (tertiary/aromatic N) is 3. The second kappa shape index (κ2) is 3.79. The number of nitrogens with one attached hydrogen (secondary N) is 1. The fraction of sp³-hybridized carbons (Fsp3) is 0. The average Bonchev–Trinajstić information content (AvgIpc) is 2.98. The van der Waals surface area contributed by atoms with Gasteiger partial charge in [-0.15, -0.1) is 0 Å². The summed E-state index contributed by atoms with van der Waals surface area (Å²) in [6, 6.07) is 9.91. The molecule has 0 bridgehead atoms. The van der Waals surface area contributed by atoms with Gasteiger partial charge >= 0.3 is 0 Å². The number of aromatic nitrogens is 4. The minimum absolute atomic E-state index is 0.623. The largest absolute Gasteiger partial charge is 0.396 e. The fourth-order valence-corrected chi connectivity index (χ4v) is 1.70. The second-order valence-corrected chi connectivity index (χ2v) is 3.71. The predicted octanol–water partition coefficient (Wildman–Crippen LogP) is 1.84. The third-order valence-corrected chi connectivity index (χ3v) is 2.56. The summed E-state index contributed by atoms with van der Waals surface area (Å²) in [5.41, 5.74) is 9.14. The second-order valence-electron chi connectivity index (χ2n) is 3.71. The molecule has 3 rings (SSSR count). The van der Waals surface area contributed by atoms with Crippen LogP contribution in [-0.2, 0) is 0 Å². The lowest BCUT2D eigenvalue weighted by Gasteiger charge is -1.98. The van der Waals surface area contributed by atoms with Crippen LogP contribution in [-0.4, -0.2) is 20.0 Å². The molecule has 84 valence electrons. The van der Waals surface area contributed by atoms with Gasteiger partial charge in [-0.1, -0.05) is 18.2 Å². The summed E-state index contributed by atoms with van der Waals surface area (Å²) in [6.07, 6.45) is 5.27. The Balaban J connectivity index is 2.02. The van der Waals surface area contributed by atoms with Crippen molar-refractivity contribution < 1.29 is 0 Å². The molecule has 0 radical (unpaired) electrons. The molecule has 0 fully saturated rings. The maximum absolute atomic E-state index is 5.79. The van der Waals surface area contributed by atoms with Crippen molar-refractivity contribution in [3.05, 3.63) is 48.9 Å². The van der Waals surface area contributed by atoms with Crippen LogP contribution in [0.2, 0.25) is 0 Å². The molecule has 0 spiro atoms. The third-order valence-electron chi connectivity index (χ3n) is 2.56. The van der Waals surface area contributed by atoms with Gasteiger partial charge in [0.1, 0.15) is 0 Å². The Bertz CT molecular complexity index is 623. The standard InChI is InChI=1S/C12H11N5/c13-11-7-14-16-12(11)9-6-15-17(8-9)10-4-2-1-3-5-10/h1-8H,13H2,(H,14,16). The minimum Gasteiger partial charge on any atom is -0.396 e. The molecule has 2 aromatic heterocycles. The van der Waals surface area contributed by atoms with Crippen molar-refractivity contribution in [2.45, 2.75) is 0 Å². The molecule has 0 aliphatic rings. The quantitative estimate of drug-likeness (QED) is 0.699. The molecular weight excluding hydrogens is 214 g/mol. The van der Waals surface area contributed by atoms with Crippen LogP contribution in [0.15, 0.2) is 48.9 Å². The van der Waals surface area contributed by atoms with Crippen molar-refractivity contribution in [2.24, 2.45) is 0 Å². The van der Waals surface area contributed by atoms with Crippen molar-refractivity contribution in [1.29, 1.82) is 0 Å². The Morgan fingerprint density at radius 1 is 1.12 bits per heavy atom. The molecular formula is C12H11N5. The predicted molar refractivity (Wildman–Crippen MR) is 65.6 cm³/mol. The van der Waals surface area contributed by atoms with Crippen LogP contribution in [0.25, 0.3) is 16.9 Å². The molecule has 2 heterocycles. The normalized spacial score (nSPS) is 10.6. The van der Waals surface area contributed by atoms with Gasteiger partial charge in [0.15, 0.2) is 0 Å². The van der Waals surface area contributed by atoms with E-state index in [2.05, 4.69) is 15.3 Å². The number of rotatable bonds is 2. The van der Waals surface area contributed by atoms with Gasteiger partial charge in [-0.25, -0.2) is 4.68 Å². The van der Waals surface area contributed by atoms with Gasteiger partial charge in [-0.05, 0) is 12.1 Å². The van der Waals surface area contributed by atoms with Crippen molar-refractivity contribution >= 4 is 5.69 Å². The highest BCUT2D eigenvalue weighted by molar-refractivity contribution is 5.70. The van der Waals surface area contributed by atoms with Crippen molar-refractivity contribution in [3.8, 4) is 16.9 Å². The van der Waals surface area contributed by atoms with Gasteiger partial charge in [0.2, 0.25) is 0 Å². The number of H-pyrrole nitrogens is 1. The summed E-state index contributed by atoms with van der Waals surface area (Å²) >= 11 is 0. The number of aromatic amines is 1. The molecule has 0 aliphatic heterocycles. The first-order chi connectivity index (χ1) is 8.34. The Hall–Kier alpha value is -2.56. The molecule has 3 aromatic rings. The van der Waals surface area contributed by atoms with Crippen LogP contribution in [0.4, 0.5) is 5.69 Å². The van der Waals surface area contributed by atoms with Crippen LogP contribution in [0.3, 0.4) is 0 Å². The molecule has 1 aromatic carbocycles. The van der Waals surface area contributed by atoms with Crippen LogP contribution in [0.1, 0.15) is 0 Å². The Labute approximate surface area is 97.9 Å².